The maximum Gasteiger partial charge on any atom is 0.354 e. The van der Waals surface area contributed by atoms with Gasteiger partial charge in [0.1, 0.15) is 5.69 Å². The standard InChI is InChI=1S/C12H12BrNO2/c1-7-4-8-6-10(12(15)16-3)14(2)11(8)9(13)5-7/h4-6H,1-3H3. The molecule has 16 heavy (non-hydrogen) atoms. The Kier molecular flexibility index (Phi) is 2.76. The van der Waals surface area contributed by atoms with Crippen LogP contribution in [0.4, 0.5) is 0 Å². The molecule has 4 heteroatoms. The minimum atomic E-state index is -0.316. The van der Waals surface area contributed by atoms with Crippen molar-refractivity contribution in [1.29, 1.82) is 0 Å². The van der Waals surface area contributed by atoms with E-state index < -0.39 is 0 Å². The maximum atomic E-state index is 11.5. The van der Waals surface area contributed by atoms with Gasteiger partial charge in [-0.05, 0) is 46.6 Å². The summed E-state index contributed by atoms with van der Waals surface area (Å²) < 4.78 is 7.57. The molecule has 0 bridgehead atoms. The highest BCUT2D eigenvalue weighted by atomic mass is 79.9. The van der Waals surface area contributed by atoms with Gasteiger partial charge in [-0.25, -0.2) is 4.79 Å². The van der Waals surface area contributed by atoms with Crippen LogP contribution >= 0.6 is 15.9 Å². The van der Waals surface area contributed by atoms with Crippen LogP contribution < -0.4 is 0 Å². The zero-order valence-electron chi connectivity index (χ0n) is 9.37. The lowest BCUT2D eigenvalue weighted by Crippen LogP contribution is -2.07. The summed E-state index contributed by atoms with van der Waals surface area (Å²) in [6, 6.07) is 5.93. The molecule has 0 radical (unpaired) electrons. The number of nitrogens with zero attached hydrogens (tertiary/aromatic N) is 1. The van der Waals surface area contributed by atoms with E-state index in [4.69, 9.17) is 4.74 Å². The van der Waals surface area contributed by atoms with E-state index in [0.29, 0.717) is 5.69 Å². The van der Waals surface area contributed by atoms with E-state index in [1.165, 1.54) is 7.11 Å². The van der Waals surface area contributed by atoms with Gasteiger partial charge in [-0.2, -0.15) is 0 Å². The van der Waals surface area contributed by atoms with Crippen molar-refractivity contribution in [3.63, 3.8) is 0 Å². The zero-order valence-corrected chi connectivity index (χ0v) is 11.0. The van der Waals surface area contributed by atoms with Gasteiger partial charge in [0.2, 0.25) is 0 Å². The molecule has 0 atom stereocenters. The second-order valence-electron chi connectivity index (χ2n) is 3.76. The summed E-state index contributed by atoms with van der Waals surface area (Å²) >= 11 is 3.51. The molecule has 2 aromatic rings. The van der Waals surface area contributed by atoms with Crippen LogP contribution in [-0.2, 0) is 11.8 Å². The third kappa shape index (κ3) is 1.63. The van der Waals surface area contributed by atoms with Crippen molar-refractivity contribution in [2.24, 2.45) is 7.05 Å². The van der Waals surface area contributed by atoms with E-state index in [9.17, 15) is 4.79 Å². The van der Waals surface area contributed by atoms with Gasteiger partial charge in [0.15, 0.2) is 0 Å². The van der Waals surface area contributed by atoms with Crippen molar-refractivity contribution >= 4 is 32.8 Å². The largest absolute Gasteiger partial charge is 0.464 e. The molecule has 0 aliphatic rings. The van der Waals surface area contributed by atoms with Crippen molar-refractivity contribution in [3.05, 3.63) is 33.9 Å². The summed E-state index contributed by atoms with van der Waals surface area (Å²) in [5, 5.41) is 1.04. The molecule has 0 aliphatic carbocycles. The van der Waals surface area contributed by atoms with Crippen LogP contribution in [0, 0.1) is 6.92 Å². The highest BCUT2D eigenvalue weighted by Gasteiger charge is 2.15. The van der Waals surface area contributed by atoms with Gasteiger partial charge in [0.05, 0.1) is 12.6 Å². The normalized spacial score (nSPS) is 10.8. The molecule has 0 unspecified atom stereocenters. The van der Waals surface area contributed by atoms with Gasteiger partial charge >= 0.3 is 5.97 Å². The van der Waals surface area contributed by atoms with Gasteiger partial charge in [-0.15, -0.1) is 0 Å². The predicted molar refractivity (Wildman–Crippen MR) is 66.7 cm³/mol. The molecule has 0 amide bonds. The van der Waals surface area contributed by atoms with Crippen LogP contribution in [0.3, 0.4) is 0 Å². The lowest BCUT2D eigenvalue weighted by molar-refractivity contribution is 0.0590. The lowest BCUT2D eigenvalue weighted by Gasteiger charge is -2.03. The molecule has 1 aromatic heterocycles. The fourth-order valence-corrected chi connectivity index (χ4v) is 2.75. The molecule has 84 valence electrons. The second-order valence-corrected chi connectivity index (χ2v) is 4.62. The number of esters is 1. The third-order valence-corrected chi connectivity index (χ3v) is 3.23. The van der Waals surface area contributed by atoms with Crippen LogP contribution in [-0.4, -0.2) is 17.6 Å². The summed E-state index contributed by atoms with van der Waals surface area (Å²) in [5.74, 6) is -0.316. The van der Waals surface area contributed by atoms with Crippen LogP contribution in [0.15, 0.2) is 22.7 Å². The Hall–Kier alpha value is -1.29. The van der Waals surface area contributed by atoms with Crippen LogP contribution in [0.25, 0.3) is 10.9 Å². The quantitative estimate of drug-likeness (QED) is 0.753. The van der Waals surface area contributed by atoms with Gasteiger partial charge in [0.25, 0.3) is 0 Å². The number of halogens is 1. The summed E-state index contributed by atoms with van der Waals surface area (Å²) in [4.78, 5) is 11.5. The molecule has 0 N–H and O–H groups in total. The van der Waals surface area contributed by atoms with Crippen molar-refractivity contribution in [3.8, 4) is 0 Å². The minimum absolute atomic E-state index is 0.316. The number of carbonyl (C=O) groups excluding carboxylic acids is 1. The van der Waals surface area contributed by atoms with Crippen molar-refractivity contribution in [2.75, 3.05) is 7.11 Å². The highest BCUT2D eigenvalue weighted by molar-refractivity contribution is 9.10. The Balaban J connectivity index is 2.78. The van der Waals surface area contributed by atoms with Gasteiger partial charge in [-0.1, -0.05) is 0 Å². The number of carbonyl (C=O) groups is 1. The van der Waals surface area contributed by atoms with Crippen molar-refractivity contribution in [1.82, 2.24) is 4.57 Å². The number of hydrogen-bond acceptors (Lipinski definition) is 2. The van der Waals surface area contributed by atoms with Crippen LogP contribution in [0.5, 0.6) is 0 Å². The fourth-order valence-electron chi connectivity index (χ4n) is 1.89. The molecule has 0 saturated heterocycles. The number of aromatic nitrogens is 1. The number of aryl methyl sites for hydroxylation is 2. The Bertz CT molecular complexity index is 572. The highest BCUT2D eigenvalue weighted by Crippen LogP contribution is 2.28. The Labute approximate surface area is 102 Å². The number of methoxy groups -OCH3 is 1. The number of benzene rings is 1. The number of hydrogen-bond donors (Lipinski definition) is 0. The van der Waals surface area contributed by atoms with Crippen molar-refractivity contribution in [2.45, 2.75) is 6.92 Å². The first-order chi connectivity index (χ1) is 7.54. The molecule has 1 heterocycles. The number of rotatable bonds is 1. The summed E-state index contributed by atoms with van der Waals surface area (Å²) in [5.41, 5.74) is 2.72. The zero-order chi connectivity index (χ0) is 11.9. The number of ether oxygens (including phenoxy) is 1. The molecule has 3 nitrogen and oxygen atoms in total. The first-order valence-electron chi connectivity index (χ1n) is 4.88. The first-order valence-corrected chi connectivity index (χ1v) is 5.67. The summed E-state index contributed by atoms with van der Waals surface area (Å²) in [7, 11) is 3.25. The average molecular weight is 282 g/mol. The molecule has 0 fully saturated rings. The molecular weight excluding hydrogens is 270 g/mol. The van der Waals surface area contributed by atoms with Gasteiger partial charge in [-0.3, -0.25) is 0 Å². The Morgan fingerprint density at radius 1 is 1.38 bits per heavy atom. The molecule has 2 rings (SSSR count). The van der Waals surface area contributed by atoms with E-state index in [1.807, 2.05) is 36.7 Å². The molecule has 0 aliphatic heterocycles. The van der Waals surface area contributed by atoms with Crippen molar-refractivity contribution < 1.29 is 9.53 Å². The first kappa shape index (κ1) is 11.2. The molecule has 0 spiro atoms. The lowest BCUT2D eigenvalue weighted by atomic mass is 10.2. The molecular formula is C12H12BrNO2. The van der Waals surface area contributed by atoms with E-state index >= 15 is 0 Å². The SMILES string of the molecule is COC(=O)c1cc2cc(C)cc(Br)c2n1C. The predicted octanol–water partition coefficient (Wildman–Crippen LogP) is 3.04. The second kappa shape index (κ2) is 3.94. The Morgan fingerprint density at radius 3 is 2.69 bits per heavy atom. The monoisotopic (exact) mass is 281 g/mol. The van der Waals surface area contributed by atoms with E-state index in [-0.39, 0.29) is 5.97 Å². The van der Waals surface area contributed by atoms with E-state index in [2.05, 4.69) is 15.9 Å². The van der Waals surface area contributed by atoms with E-state index in [0.717, 1.165) is 20.9 Å². The molecule has 0 saturated carbocycles. The third-order valence-electron chi connectivity index (χ3n) is 2.62. The average Bonchev–Trinajstić information content (AvgIpc) is 2.54. The van der Waals surface area contributed by atoms with Gasteiger partial charge < -0.3 is 9.30 Å². The van der Waals surface area contributed by atoms with E-state index in [1.54, 1.807) is 0 Å². The summed E-state index contributed by atoms with van der Waals surface area (Å²) in [6.45, 7) is 2.02. The van der Waals surface area contributed by atoms with Gasteiger partial charge in [0, 0.05) is 16.9 Å². The Morgan fingerprint density at radius 2 is 2.06 bits per heavy atom. The fraction of sp³-hybridized carbons (Fsp3) is 0.250. The topological polar surface area (TPSA) is 31.2 Å². The number of fused-ring (bicyclic) bond motifs is 1. The maximum absolute atomic E-state index is 11.5. The van der Waals surface area contributed by atoms with Crippen LogP contribution in [0.2, 0.25) is 0 Å². The molecule has 1 aromatic carbocycles. The summed E-state index contributed by atoms with van der Waals surface area (Å²) in [6.07, 6.45) is 0. The van der Waals surface area contributed by atoms with Crippen LogP contribution in [0.1, 0.15) is 16.1 Å². The minimum Gasteiger partial charge on any atom is -0.464 e. The smallest absolute Gasteiger partial charge is 0.354 e.